The first-order valence-corrected chi connectivity index (χ1v) is 10.7. The zero-order chi connectivity index (χ0) is 22.2. The number of morpholine rings is 1. The largest absolute Gasteiger partial charge is 0.494 e. The predicted molar refractivity (Wildman–Crippen MR) is 122 cm³/mol. The number of hydrogen-bond acceptors (Lipinski definition) is 5. The number of nitrogens with one attached hydrogen (secondary N) is 2. The normalized spacial score (nSPS) is 14.8. The summed E-state index contributed by atoms with van der Waals surface area (Å²) in [5.74, 6) is 0.102. The molecule has 1 aliphatic heterocycles. The Bertz CT molecular complexity index is 859. The zero-order valence-electron chi connectivity index (χ0n) is 18.4. The van der Waals surface area contributed by atoms with Crippen molar-refractivity contribution in [2.75, 3.05) is 43.1 Å². The molecule has 2 aromatic carbocycles. The lowest BCUT2D eigenvalue weighted by atomic mass is 10.0. The molecule has 0 aliphatic carbocycles. The van der Waals surface area contributed by atoms with Gasteiger partial charge >= 0.3 is 0 Å². The Labute approximate surface area is 183 Å². The van der Waals surface area contributed by atoms with Crippen LogP contribution in [-0.4, -0.2) is 50.8 Å². The summed E-state index contributed by atoms with van der Waals surface area (Å²) < 4.78 is 10.8. The Balaban J connectivity index is 1.61. The van der Waals surface area contributed by atoms with Gasteiger partial charge in [-0.05, 0) is 61.4 Å². The van der Waals surface area contributed by atoms with E-state index in [2.05, 4.69) is 15.5 Å². The van der Waals surface area contributed by atoms with Gasteiger partial charge in [0.15, 0.2) is 0 Å². The van der Waals surface area contributed by atoms with Crippen LogP contribution in [0.25, 0.3) is 0 Å². The molecule has 3 rings (SSSR count). The molecule has 0 aromatic heterocycles. The molecule has 2 aromatic rings. The summed E-state index contributed by atoms with van der Waals surface area (Å²) in [7, 11) is 0. The van der Waals surface area contributed by atoms with Crippen LogP contribution in [0.1, 0.15) is 31.1 Å². The molecule has 31 heavy (non-hydrogen) atoms. The fourth-order valence-corrected chi connectivity index (χ4v) is 3.43. The molecule has 1 heterocycles. The molecule has 2 amide bonds. The predicted octanol–water partition coefficient (Wildman–Crippen LogP) is 3.32. The van der Waals surface area contributed by atoms with Gasteiger partial charge in [-0.3, -0.25) is 9.59 Å². The molecule has 1 saturated heterocycles. The Morgan fingerprint density at radius 1 is 1.03 bits per heavy atom. The molecule has 1 fully saturated rings. The average Bonchev–Trinajstić information content (AvgIpc) is 2.79. The van der Waals surface area contributed by atoms with E-state index < -0.39 is 6.04 Å². The fraction of sp³-hybridized carbons (Fsp3) is 0.417. The van der Waals surface area contributed by atoms with Crippen molar-refractivity contribution in [3.63, 3.8) is 0 Å². The standard InChI is InChI=1S/C24H31N3O4/c1-4-31-21-11-5-18(6-12-21)23(28)26-22(17(2)3)24(29)25-19-7-9-20(10-8-19)27-13-15-30-16-14-27/h5-12,17,22H,4,13-16H2,1-3H3,(H,25,29)(H,26,28)/t22-/m0/s1. The van der Waals surface area contributed by atoms with E-state index in [9.17, 15) is 9.59 Å². The minimum atomic E-state index is -0.655. The molecule has 0 spiro atoms. The minimum absolute atomic E-state index is 0.0701. The number of anilines is 2. The molecule has 166 valence electrons. The summed E-state index contributed by atoms with van der Waals surface area (Å²) in [6.45, 7) is 9.45. The van der Waals surface area contributed by atoms with Crippen molar-refractivity contribution < 1.29 is 19.1 Å². The monoisotopic (exact) mass is 425 g/mol. The third kappa shape index (κ3) is 6.21. The number of nitrogens with zero attached hydrogens (tertiary/aromatic N) is 1. The van der Waals surface area contributed by atoms with Crippen LogP contribution in [0, 0.1) is 5.92 Å². The van der Waals surface area contributed by atoms with Crippen LogP contribution in [0.3, 0.4) is 0 Å². The molecular formula is C24H31N3O4. The molecule has 0 saturated carbocycles. The van der Waals surface area contributed by atoms with E-state index >= 15 is 0 Å². The summed E-state index contributed by atoms with van der Waals surface area (Å²) >= 11 is 0. The summed E-state index contributed by atoms with van der Waals surface area (Å²) in [5, 5.41) is 5.77. The van der Waals surface area contributed by atoms with Gasteiger partial charge < -0.3 is 25.0 Å². The Hall–Kier alpha value is -3.06. The van der Waals surface area contributed by atoms with Gasteiger partial charge in [0.25, 0.3) is 5.91 Å². The van der Waals surface area contributed by atoms with Crippen molar-refractivity contribution in [1.82, 2.24) is 5.32 Å². The summed E-state index contributed by atoms with van der Waals surface area (Å²) in [6, 6.07) is 14.0. The maximum Gasteiger partial charge on any atom is 0.251 e. The number of benzene rings is 2. The SMILES string of the molecule is CCOc1ccc(C(=O)N[C@H](C(=O)Nc2ccc(N3CCOCC3)cc2)C(C)C)cc1. The second-order valence-electron chi connectivity index (χ2n) is 7.79. The van der Waals surface area contributed by atoms with Gasteiger partial charge in [-0.25, -0.2) is 0 Å². The van der Waals surface area contributed by atoms with Crippen LogP contribution < -0.4 is 20.3 Å². The van der Waals surface area contributed by atoms with Crippen molar-refractivity contribution in [3.05, 3.63) is 54.1 Å². The van der Waals surface area contributed by atoms with E-state index in [4.69, 9.17) is 9.47 Å². The van der Waals surface area contributed by atoms with Crippen LogP contribution in [0.2, 0.25) is 0 Å². The smallest absolute Gasteiger partial charge is 0.251 e. The summed E-state index contributed by atoms with van der Waals surface area (Å²) in [6.07, 6.45) is 0. The highest BCUT2D eigenvalue weighted by molar-refractivity contribution is 6.01. The third-order valence-electron chi connectivity index (χ3n) is 5.17. The second kappa shape index (κ2) is 10.8. The first-order chi connectivity index (χ1) is 15.0. The van der Waals surface area contributed by atoms with Gasteiger partial charge in [0.2, 0.25) is 5.91 Å². The number of amides is 2. The molecule has 0 bridgehead atoms. The number of rotatable bonds is 8. The number of carbonyl (C=O) groups is 2. The molecular weight excluding hydrogens is 394 g/mol. The quantitative estimate of drug-likeness (QED) is 0.678. The van der Waals surface area contributed by atoms with Crippen LogP contribution in [0.15, 0.2) is 48.5 Å². The molecule has 7 nitrogen and oxygen atoms in total. The van der Waals surface area contributed by atoms with Crippen molar-refractivity contribution in [1.29, 1.82) is 0 Å². The van der Waals surface area contributed by atoms with Gasteiger partial charge in [0.05, 0.1) is 19.8 Å². The maximum atomic E-state index is 12.9. The lowest BCUT2D eigenvalue weighted by Gasteiger charge is -2.29. The summed E-state index contributed by atoms with van der Waals surface area (Å²) in [5.41, 5.74) is 2.28. The van der Waals surface area contributed by atoms with Crippen molar-refractivity contribution in [2.45, 2.75) is 26.8 Å². The van der Waals surface area contributed by atoms with Crippen molar-refractivity contribution in [2.24, 2.45) is 5.92 Å². The van der Waals surface area contributed by atoms with Crippen LogP contribution >= 0.6 is 0 Å². The van der Waals surface area contributed by atoms with E-state index in [1.165, 1.54) is 0 Å². The van der Waals surface area contributed by atoms with Crippen molar-refractivity contribution in [3.8, 4) is 5.75 Å². The second-order valence-corrected chi connectivity index (χ2v) is 7.79. The lowest BCUT2D eigenvalue weighted by molar-refractivity contribution is -0.118. The highest BCUT2D eigenvalue weighted by Crippen LogP contribution is 2.20. The Kier molecular flexibility index (Phi) is 7.89. The fourth-order valence-electron chi connectivity index (χ4n) is 3.43. The topological polar surface area (TPSA) is 79.9 Å². The van der Waals surface area contributed by atoms with Gasteiger partial charge in [0.1, 0.15) is 11.8 Å². The molecule has 1 atom stereocenters. The van der Waals surface area contributed by atoms with Gasteiger partial charge in [0, 0.05) is 30.0 Å². The first-order valence-electron chi connectivity index (χ1n) is 10.7. The first kappa shape index (κ1) is 22.6. The van der Waals surface area contributed by atoms with E-state index in [-0.39, 0.29) is 17.7 Å². The zero-order valence-corrected chi connectivity index (χ0v) is 18.4. The lowest BCUT2D eigenvalue weighted by Crippen LogP contribution is -2.47. The Morgan fingerprint density at radius 3 is 2.26 bits per heavy atom. The van der Waals surface area contributed by atoms with Gasteiger partial charge in [-0.15, -0.1) is 0 Å². The van der Waals surface area contributed by atoms with Crippen LogP contribution in [0.4, 0.5) is 11.4 Å². The van der Waals surface area contributed by atoms with Crippen molar-refractivity contribution >= 4 is 23.2 Å². The molecule has 0 unspecified atom stereocenters. The summed E-state index contributed by atoms with van der Waals surface area (Å²) in [4.78, 5) is 27.8. The van der Waals surface area contributed by atoms with E-state index in [0.717, 1.165) is 32.0 Å². The highest BCUT2D eigenvalue weighted by atomic mass is 16.5. The van der Waals surface area contributed by atoms with Crippen LogP contribution in [0.5, 0.6) is 5.75 Å². The minimum Gasteiger partial charge on any atom is -0.494 e. The number of ether oxygens (including phenoxy) is 2. The Morgan fingerprint density at radius 2 is 1.68 bits per heavy atom. The molecule has 2 N–H and O–H groups in total. The van der Waals surface area contributed by atoms with Crippen LogP contribution in [-0.2, 0) is 9.53 Å². The van der Waals surface area contributed by atoms with E-state index in [1.54, 1.807) is 24.3 Å². The third-order valence-corrected chi connectivity index (χ3v) is 5.17. The van der Waals surface area contributed by atoms with Gasteiger partial charge in [-0.1, -0.05) is 13.8 Å². The van der Waals surface area contributed by atoms with Gasteiger partial charge in [-0.2, -0.15) is 0 Å². The maximum absolute atomic E-state index is 12.9. The number of hydrogen-bond donors (Lipinski definition) is 2. The number of carbonyl (C=O) groups excluding carboxylic acids is 2. The molecule has 7 heteroatoms. The van der Waals surface area contributed by atoms with E-state index in [1.807, 2.05) is 45.0 Å². The molecule has 1 aliphatic rings. The highest BCUT2D eigenvalue weighted by Gasteiger charge is 2.25. The average molecular weight is 426 g/mol. The van der Waals surface area contributed by atoms with E-state index in [0.29, 0.717) is 23.6 Å². The molecule has 0 radical (unpaired) electrons.